The molecule has 10 heteroatoms. The van der Waals surface area contributed by atoms with Gasteiger partial charge in [-0.2, -0.15) is 0 Å². The molecule has 6 nitrogen and oxygen atoms in total. The Hall–Kier alpha value is 3.22. The molecule has 0 spiro atoms. The molecule has 0 radical (unpaired) electrons. The summed E-state index contributed by atoms with van der Waals surface area (Å²) < 4.78 is 51.4. The smallest absolute Gasteiger partial charge is 0.427 e. The summed E-state index contributed by atoms with van der Waals surface area (Å²) in [5.41, 5.74) is 0. The second kappa shape index (κ2) is 18.1. The molecule has 0 heterocycles. The number of rotatable bonds is 0. The summed E-state index contributed by atoms with van der Waals surface area (Å²) >= 11 is -8.03. The van der Waals surface area contributed by atoms with Crippen LogP contribution in [-0.2, 0) is 0 Å². The van der Waals surface area contributed by atoms with Crippen molar-refractivity contribution in [3.63, 3.8) is 0 Å². The van der Waals surface area contributed by atoms with Crippen LogP contribution >= 0.6 is 0 Å². The summed E-state index contributed by atoms with van der Waals surface area (Å²) in [5.74, 6) is 0. The fraction of sp³-hybridized carbons (Fsp3) is 0. The van der Waals surface area contributed by atoms with E-state index >= 15 is 0 Å². The molecule has 0 aliphatic carbocycles. The van der Waals surface area contributed by atoms with Crippen LogP contribution < -0.4 is 122 Å². The first-order chi connectivity index (χ1) is 3.46. The molecule has 0 saturated heterocycles. The summed E-state index contributed by atoms with van der Waals surface area (Å²) in [6, 6.07) is 0. The maximum atomic E-state index is 8.57. The Morgan fingerprint density at radius 3 is 0.500 bits per heavy atom. The summed E-state index contributed by atoms with van der Waals surface area (Å²) in [6.45, 7) is 0. The van der Waals surface area contributed by atoms with Gasteiger partial charge in [0.05, 0.1) is 0 Å². The van der Waals surface area contributed by atoms with Crippen LogP contribution in [0.1, 0.15) is 0 Å². The topological polar surface area (TPSA) is 138 Å². The van der Waals surface area contributed by atoms with E-state index in [1.165, 1.54) is 0 Å². The Kier molecular flexibility index (Phi) is 42.0. The van der Waals surface area contributed by atoms with Crippen LogP contribution in [0.5, 0.6) is 0 Å². The van der Waals surface area contributed by atoms with Crippen LogP contribution in [0.15, 0.2) is 0 Å². The Labute approximate surface area is 119 Å². The van der Waals surface area contributed by atoms with Crippen molar-refractivity contribution in [1.29, 1.82) is 0 Å². The van der Waals surface area contributed by atoms with Gasteiger partial charge < -0.3 is 20.6 Å². The van der Waals surface area contributed by atoms with Crippen molar-refractivity contribution >= 4 is 0 Å². The van der Waals surface area contributed by atoms with E-state index in [0.29, 0.717) is 0 Å². The van der Waals surface area contributed by atoms with Crippen molar-refractivity contribution in [3.8, 4) is 0 Å². The molecule has 0 aromatic heterocycles. The van der Waals surface area contributed by atoms with Gasteiger partial charge in [0.15, 0.2) is 0 Å². The Morgan fingerprint density at radius 1 is 0.500 bits per heavy atom. The van der Waals surface area contributed by atoms with Crippen LogP contribution in [0.25, 0.3) is 0 Å². The molecular weight excluding hydrogens is 396 g/mol. The standard InChI is InChI=1S/2IO3.2Na/c2*2-1(3)4;;/q2*-1;2*+1. The molecule has 0 bridgehead atoms. The minimum Gasteiger partial charge on any atom is -0.427 e. The Balaban J connectivity index is -0.0000000300. The van der Waals surface area contributed by atoms with E-state index in [-0.39, 0.29) is 59.1 Å². The van der Waals surface area contributed by atoms with Crippen LogP contribution in [0.2, 0.25) is 0 Å². The summed E-state index contributed by atoms with van der Waals surface area (Å²) in [4.78, 5) is 0. The van der Waals surface area contributed by atoms with Gasteiger partial charge in [-0.25, -0.2) is 0 Å². The van der Waals surface area contributed by atoms with Gasteiger partial charge >= 0.3 is 59.1 Å². The molecule has 10 heavy (non-hydrogen) atoms. The van der Waals surface area contributed by atoms with Gasteiger partial charge in [-0.3, -0.25) is 0 Å². The molecule has 0 unspecified atom stereocenters. The third-order valence-corrected chi connectivity index (χ3v) is 0. The van der Waals surface area contributed by atoms with E-state index in [2.05, 4.69) is 0 Å². The van der Waals surface area contributed by atoms with Crippen molar-refractivity contribution in [2.75, 3.05) is 0 Å². The maximum absolute atomic E-state index is 8.57. The second-order valence-corrected chi connectivity index (χ2v) is 2.54. The summed E-state index contributed by atoms with van der Waals surface area (Å²) in [5, 5.41) is 0. The first kappa shape index (κ1) is 23.2. The SMILES string of the molecule is [Na+].[Na+].[O-][I+2]([O-])[O-].[O-][I+2]([O-])[O-]. The Morgan fingerprint density at radius 2 is 0.500 bits per heavy atom. The monoisotopic (exact) mass is 396 g/mol. The molecule has 0 rings (SSSR count). The van der Waals surface area contributed by atoms with Gasteiger partial charge in [0.2, 0.25) is 0 Å². The van der Waals surface area contributed by atoms with E-state index in [0.717, 1.165) is 0 Å². The molecule has 0 fully saturated rings. The quantitative estimate of drug-likeness (QED) is 0.295. The second-order valence-electron chi connectivity index (χ2n) is 0.378. The van der Waals surface area contributed by atoms with Crippen molar-refractivity contribution in [2.24, 2.45) is 0 Å². The predicted octanol–water partition coefficient (Wildman–Crippen LogP) is -19.1. The fourth-order valence-corrected chi connectivity index (χ4v) is 0. The van der Waals surface area contributed by atoms with E-state index in [1.54, 1.807) is 0 Å². The zero-order chi connectivity index (χ0) is 7.15. The molecule has 52 valence electrons. The minimum absolute atomic E-state index is 0. The number of hydrogen-bond acceptors (Lipinski definition) is 6. The molecule has 0 aromatic carbocycles. The molecule has 0 atom stereocenters. The van der Waals surface area contributed by atoms with Crippen molar-refractivity contribution in [1.82, 2.24) is 0 Å². The van der Waals surface area contributed by atoms with Crippen LogP contribution in [0.3, 0.4) is 0 Å². The van der Waals surface area contributed by atoms with Crippen LogP contribution in [0, 0.1) is 0 Å². The first-order valence-electron chi connectivity index (χ1n) is 0.926. The maximum Gasteiger partial charge on any atom is 1.00 e. The summed E-state index contributed by atoms with van der Waals surface area (Å²) in [7, 11) is 0. The largest absolute Gasteiger partial charge is 1.00 e. The van der Waals surface area contributed by atoms with Gasteiger partial charge in [0.1, 0.15) is 0 Å². The van der Waals surface area contributed by atoms with Gasteiger partial charge in [0, 0.05) is 0 Å². The molecule has 0 N–H and O–H groups in total. The predicted molar refractivity (Wildman–Crippen MR) is 0 cm³/mol. The van der Waals surface area contributed by atoms with Gasteiger partial charge in [-0.15, -0.1) is 0 Å². The average molecular weight is 396 g/mol. The summed E-state index contributed by atoms with van der Waals surface area (Å²) in [6.07, 6.45) is 0. The van der Waals surface area contributed by atoms with E-state index in [9.17, 15) is 0 Å². The van der Waals surface area contributed by atoms with E-state index < -0.39 is 42.1 Å². The fourth-order valence-electron chi connectivity index (χ4n) is 0. The average Bonchev–Trinajstić information content (AvgIpc) is 1.25. The molecule has 0 saturated carbocycles. The van der Waals surface area contributed by atoms with Crippen molar-refractivity contribution in [3.05, 3.63) is 0 Å². The zero-order valence-electron chi connectivity index (χ0n) is 5.21. The first-order valence-corrected chi connectivity index (χ1v) is 6.21. The van der Waals surface area contributed by atoms with Crippen LogP contribution in [-0.4, -0.2) is 0 Å². The van der Waals surface area contributed by atoms with Gasteiger partial charge in [0.25, 0.3) is 42.1 Å². The van der Waals surface area contributed by atoms with E-state index in [1.807, 2.05) is 0 Å². The Bertz CT molecular complexity index is 29.2. The van der Waals surface area contributed by atoms with Crippen LogP contribution in [0.4, 0.5) is 0 Å². The molecule has 0 aliphatic rings. The van der Waals surface area contributed by atoms with Crippen molar-refractivity contribution in [2.45, 2.75) is 0 Å². The van der Waals surface area contributed by atoms with Crippen molar-refractivity contribution < 1.29 is 122 Å². The molecular formula is I2Na2O6. The molecule has 0 aliphatic heterocycles. The molecule has 0 amide bonds. The van der Waals surface area contributed by atoms with Gasteiger partial charge in [-0.05, 0) is 0 Å². The van der Waals surface area contributed by atoms with Gasteiger partial charge in [-0.1, -0.05) is 0 Å². The van der Waals surface area contributed by atoms with E-state index in [4.69, 9.17) is 20.6 Å². The zero-order valence-corrected chi connectivity index (χ0v) is 13.5. The normalized spacial score (nSPS) is 7.20. The molecule has 0 aromatic rings. The third-order valence-electron chi connectivity index (χ3n) is 0. The minimum atomic E-state index is -4.01. The third kappa shape index (κ3) is 113. The number of hydrogen-bond donors (Lipinski definition) is 0. The number of halogens is 2.